The molecule has 3 aromatic rings. The van der Waals surface area contributed by atoms with Crippen molar-refractivity contribution in [3.8, 4) is 11.3 Å². The first kappa shape index (κ1) is 31.9. The number of H-pyrrole nitrogens is 1. The molecule has 6 rings (SSSR count). The van der Waals surface area contributed by atoms with Crippen LogP contribution < -0.4 is 4.72 Å². The second kappa shape index (κ2) is 12.3. The summed E-state index contributed by atoms with van der Waals surface area (Å²) in [6, 6.07) is 9.16. The van der Waals surface area contributed by atoms with Crippen LogP contribution in [0.2, 0.25) is 0 Å². The Labute approximate surface area is 267 Å². The van der Waals surface area contributed by atoms with E-state index < -0.39 is 20.7 Å². The summed E-state index contributed by atoms with van der Waals surface area (Å²) in [6.07, 6.45) is 5.25. The van der Waals surface area contributed by atoms with Gasteiger partial charge in [0.15, 0.2) is 5.78 Å². The highest BCUT2D eigenvalue weighted by Gasteiger charge is 2.49. The van der Waals surface area contributed by atoms with Crippen LogP contribution in [-0.4, -0.2) is 79.5 Å². The lowest BCUT2D eigenvalue weighted by atomic mass is 9.79. The van der Waals surface area contributed by atoms with Crippen LogP contribution >= 0.6 is 11.3 Å². The van der Waals surface area contributed by atoms with Gasteiger partial charge in [-0.2, -0.15) is 0 Å². The predicted molar refractivity (Wildman–Crippen MR) is 182 cm³/mol. The molecule has 5 heterocycles. The Morgan fingerprint density at radius 3 is 2.27 bits per heavy atom. The third kappa shape index (κ3) is 6.19. The first-order chi connectivity index (χ1) is 20.8. The van der Waals surface area contributed by atoms with Gasteiger partial charge >= 0.3 is 0 Å². The number of thiophene rings is 1. The first-order valence-electron chi connectivity index (χ1n) is 16.6. The summed E-state index contributed by atoms with van der Waals surface area (Å²) in [5.74, 6) is 1.30. The van der Waals surface area contributed by atoms with Gasteiger partial charge in [-0.1, -0.05) is 17.2 Å². The molecule has 240 valence electrons. The van der Waals surface area contributed by atoms with Crippen LogP contribution in [0.1, 0.15) is 74.9 Å². The summed E-state index contributed by atoms with van der Waals surface area (Å²) in [5.41, 5.74) is 5.76. The van der Waals surface area contributed by atoms with Crippen LogP contribution in [0, 0.1) is 25.7 Å². The molecule has 7 nitrogen and oxygen atoms in total. The van der Waals surface area contributed by atoms with E-state index in [0.29, 0.717) is 24.2 Å². The van der Waals surface area contributed by atoms with E-state index in [0.717, 1.165) is 74.5 Å². The number of sulfonamides is 1. The van der Waals surface area contributed by atoms with Crippen molar-refractivity contribution in [3.05, 3.63) is 45.8 Å². The highest BCUT2D eigenvalue weighted by atomic mass is 32.2. The van der Waals surface area contributed by atoms with Gasteiger partial charge in [0, 0.05) is 23.4 Å². The van der Waals surface area contributed by atoms with Gasteiger partial charge in [-0.05, 0) is 141 Å². The number of benzene rings is 1. The number of nitrogens with zero attached hydrogens (tertiary/aromatic N) is 2. The molecule has 9 heteroatoms. The maximum absolute atomic E-state index is 14.0. The van der Waals surface area contributed by atoms with Crippen LogP contribution in [0.4, 0.5) is 0 Å². The number of carbonyl (C=O) groups is 1. The Balaban J connectivity index is 1.22. The fraction of sp³-hybridized carbons (Fsp3) is 0.629. The highest BCUT2D eigenvalue weighted by molar-refractivity contribution is 7.90. The number of carbonyl (C=O) groups excluding carboxylic acids is 1. The van der Waals surface area contributed by atoms with Gasteiger partial charge in [-0.15, -0.1) is 11.3 Å². The van der Waals surface area contributed by atoms with Crippen LogP contribution in [0.3, 0.4) is 0 Å². The Morgan fingerprint density at radius 2 is 1.68 bits per heavy atom. The van der Waals surface area contributed by atoms with E-state index in [2.05, 4.69) is 71.5 Å². The number of piperidine rings is 2. The number of aromatic amines is 1. The third-order valence-corrected chi connectivity index (χ3v) is 13.8. The normalized spacial score (nSPS) is 23.4. The summed E-state index contributed by atoms with van der Waals surface area (Å²) in [6.45, 7) is 17.6. The molecule has 0 saturated carbocycles. The summed E-state index contributed by atoms with van der Waals surface area (Å²) >= 11 is 1.76. The Kier molecular flexibility index (Phi) is 8.91. The van der Waals surface area contributed by atoms with Gasteiger partial charge in [0.25, 0.3) is 0 Å². The number of hydrogen-bond acceptors (Lipinski definition) is 6. The van der Waals surface area contributed by atoms with E-state index in [1.54, 1.807) is 25.2 Å². The van der Waals surface area contributed by atoms with E-state index in [9.17, 15) is 13.2 Å². The number of rotatable bonds is 11. The second-order valence-corrected chi connectivity index (χ2v) is 17.9. The van der Waals surface area contributed by atoms with Crippen LogP contribution in [0.15, 0.2) is 24.3 Å². The molecule has 3 aliphatic heterocycles. The summed E-state index contributed by atoms with van der Waals surface area (Å²) in [4.78, 5) is 25.1. The minimum Gasteiger partial charge on any atom is -0.346 e. The van der Waals surface area contributed by atoms with Gasteiger partial charge in [0.1, 0.15) is 4.83 Å². The van der Waals surface area contributed by atoms with Crippen LogP contribution in [-0.2, 0) is 26.7 Å². The minimum atomic E-state index is -3.22. The number of ketones is 1. The molecular formula is C35H50N4O3S2. The van der Waals surface area contributed by atoms with Crippen molar-refractivity contribution in [2.24, 2.45) is 11.8 Å². The Bertz CT molecular complexity index is 1590. The molecule has 2 aromatic heterocycles. The molecule has 1 aromatic carbocycles. The number of hydrogen-bond donors (Lipinski definition) is 2. The number of aryl methyl sites for hydroxylation is 2. The highest BCUT2D eigenvalue weighted by Crippen LogP contribution is 2.44. The molecular weight excluding hydrogens is 589 g/mol. The molecule has 0 amide bonds. The van der Waals surface area contributed by atoms with Crippen molar-refractivity contribution in [1.82, 2.24) is 19.5 Å². The van der Waals surface area contributed by atoms with Crippen molar-refractivity contribution >= 4 is 37.4 Å². The largest absolute Gasteiger partial charge is 0.346 e. The quantitative estimate of drug-likeness (QED) is 0.268. The van der Waals surface area contributed by atoms with E-state index in [1.165, 1.54) is 33.3 Å². The Morgan fingerprint density at radius 1 is 1.02 bits per heavy atom. The molecule has 2 N–H and O–H groups in total. The second-order valence-electron chi connectivity index (χ2n) is 14.5. The van der Waals surface area contributed by atoms with Gasteiger partial charge in [0.05, 0.1) is 22.4 Å². The summed E-state index contributed by atoms with van der Waals surface area (Å²) < 4.78 is 27.3. The SMILES string of the molecule is Cc1cc(C)cc(-c2[nH]c3sc(C(C)(C)C(=O)C4C5CCN4CC5)cc3c2CCN2CCC(CNS(=O)(=O)C(C)C)CC2)c1. The zero-order valence-corrected chi connectivity index (χ0v) is 29.0. The third-order valence-electron chi connectivity index (χ3n) is 10.6. The molecule has 3 fully saturated rings. The van der Waals surface area contributed by atoms with Crippen LogP contribution in [0.25, 0.3) is 21.5 Å². The minimum absolute atomic E-state index is 0.0827. The lowest BCUT2D eigenvalue weighted by Crippen LogP contribution is -2.43. The topological polar surface area (TPSA) is 85.5 Å². The fourth-order valence-corrected chi connectivity index (χ4v) is 9.73. The zero-order chi connectivity index (χ0) is 31.4. The van der Waals surface area contributed by atoms with Gasteiger partial charge < -0.3 is 9.88 Å². The maximum Gasteiger partial charge on any atom is 0.213 e. The smallest absolute Gasteiger partial charge is 0.213 e. The lowest BCUT2D eigenvalue weighted by Gasteiger charge is -2.32. The van der Waals surface area contributed by atoms with Crippen molar-refractivity contribution in [2.45, 2.75) is 90.4 Å². The van der Waals surface area contributed by atoms with E-state index >= 15 is 0 Å². The van der Waals surface area contributed by atoms with Gasteiger partial charge in [0.2, 0.25) is 10.0 Å². The monoisotopic (exact) mass is 638 g/mol. The number of aromatic nitrogens is 1. The van der Waals surface area contributed by atoms with E-state index in [-0.39, 0.29) is 6.04 Å². The predicted octanol–water partition coefficient (Wildman–Crippen LogP) is 6.04. The number of likely N-dealkylation sites (tertiary alicyclic amines) is 1. The number of Topliss-reactive ketones (excluding diaryl/α,β-unsaturated/α-hetero) is 1. The molecule has 2 bridgehead atoms. The average Bonchev–Trinajstić information content (AvgIpc) is 3.75. The van der Waals surface area contributed by atoms with Gasteiger partial charge in [-0.3, -0.25) is 9.69 Å². The molecule has 0 radical (unpaired) electrons. The molecule has 3 aliphatic rings. The summed E-state index contributed by atoms with van der Waals surface area (Å²) in [7, 11) is -3.22. The number of fused-ring (bicyclic) bond motifs is 3. The molecule has 3 saturated heterocycles. The molecule has 0 spiro atoms. The number of nitrogens with one attached hydrogen (secondary N) is 2. The molecule has 1 unspecified atom stereocenters. The van der Waals surface area contributed by atoms with Crippen molar-refractivity contribution in [1.29, 1.82) is 0 Å². The Hall–Kier alpha value is -2.04. The van der Waals surface area contributed by atoms with Crippen LogP contribution in [0.5, 0.6) is 0 Å². The molecule has 0 aliphatic carbocycles. The van der Waals surface area contributed by atoms with Gasteiger partial charge in [-0.25, -0.2) is 13.1 Å². The molecule has 1 atom stereocenters. The van der Waals surface area contributed by atoms with E-state index in [1.807, 2.05) is 0 Å². The zero-order valence-electron chi connectivity index (χ0n) is 27.3. The molecule has 44 heavy (non-hydrogen) atoms. The van der Waals surface area contributed by atoms with Crippen molar-refractivity contribution < 1.29 is 13.2 Å². The average molecular weight is 639 g/mol. The van der Waals surface area contributed by atoms with Crippen molar-refractivity contribution in [3.63, 3.8) is 0 Å². The lowest BCUT2D eigenvalue weighted by molar-refractivity contribution is -0.127. The van der Waals surface area contributed by atoms with E-state index in [4.69, 9.17) is 0 Å². The standard InChI is InChI=1S/C35H50N4O3S2/c1-22(2)44(41,42)36-21-25-7-12-38(13-8-25)14-11-28-29-20-30(35(5,6)33(40)32-26-9-15-39(32)16-10-26)43-34(29)37-31(28)27-18-23(3)17-24(4)19-27/h17-20,22,25-26,32,36-37H,7-16,21H2,1-6H3. The van der Waals surface area contributed by atoms with Crippen molar-refractivity contribution in [2.75, 3.05) is 39.3 Å². The fourth-order valence-electron chi connectivity index (χ4n) is 7.73. The maximum atomic E-state index is 14.0. The summed E-state index contributed by atoms with van der Waals surface area (Å²) in [5, 5.41) is 0.858. The first-order valence-corrected chi connectivity index (χ1v) is 18.9.